The molecule has 5 heterocycles. The molecule has 1 fully saturated rings. The fourth-order valence-electron chi connectivity index (χ4n) is 3.85. The van der Waals surface area contributed by atoms with Crippen LogP contribution in [0.15, 0.2) is 50.0 Å². The zero-order chi connectivity index (χ0) is 24.5. The van der Waals surface area contributed by atoms with Crippen LogP contribution >= 0.6 is 46.4 Å². The molecule has 2 aliphatic rings. The Morgan fingerprint density at radius 1 is 1.37 bits per heavy atom. The Morgan fingerprint density at radius 3 is 2.89 bits per heavy atom. The van der Waals surface area contributed by atoms with Crippen LogP contribution in [0.5, 0.6) is 0 Å². The summed E-state index contributed by atoms with van der Waals surface area (Å²) < 4.78 is 7.23. The second-order valence-corrected chi connectivity index (χ2v) is 12.1. The van der Waals surface area contributed by atoms with E-state index in [2.05, 4.69) is 32.0 Å². The maximum atomic E-state index is 13.2. The molecular formula is C22H24N7O2S4+. The zero-order valence-electron chi connectivity index (χ0n) is 19.4. The highest BCUT2D eigenvalue weighted by molar-refractivity contribution is 8.07. The molecular weight excluding hydrogens is 523 g/mol. The lowest BCUT2D eigenvalue weighted by molar-refractivity contribution is -0.671. The average Bonchev–Trinajstić information content (AvgIpc) is 3.50. The number of fused-ring (bicyclic) bond motifs is 1. The molecule has 0 bridgehead atoms. The maximum Gasteiger partial charge on any atom is 0.234 e. The Morgan fingerprint density at radius 2 is 2.17 bits per heavy atom. The van der Waals surface area contributed by atoms with Gasteiger partial charge in [0.15, 0.2) is 27.7 Å². The molecule has 5 rings (SSSR count). The van der Waals surface area contributed by atoms with Crippen molar-refractivity contribution in [1.29, 1.82) is 0 Å². The fourth-order valence-corrected chi connectivity index (χ4v) is 7.92. The third-order valence-corrected chi connectivity index (χ3v) is 9.87. The summed E-state index contributed by atoms with van der Waals surface area (Å²) in [6.07, 6.45) is 4.45. The van der Waals surface area contributed by atoms with Crippen molar-refractivity contribution in [3.05, 3.63) is 46.3 Å². The average molecular weight is 547 g/mol. The van der Waals surface area contributed by atoms with Crippen molar-refractivity contribution in [3.8, 4) is 11.3 Å². The zero-order valence-corrected chi connectivity index (χ0v) is 22.6. The number of thioether (sulfide) groups is 2. The molecule has 9 nitrogen and oxygen atoms in total. The number of hydrogen-bond donors (Lipinski definition) is 1. The van der Waals surface area contributed by atoms with Crippen LogP contribution < -0.4 is 10.3 Å². The number of nitrogens with zero attached hydrogens (tertiary/aromatic N) is 6. The second kappa shape index (κ2) is 10.2. The van der Waals surface area contributed by atoms with Crippen LogP contribution in [0, 0.1) is 5.92 Å². The van der Waals surface area contributed by atoms with E-state index in [1.807, 2.05) is 42.8 Å². The van der Waals surface area contributed by atoms with Crippen LogP contribution in [0.1, 0.15) is 26.1 Å². The third kappa shape index (κ3) is 4.95. The first-order valence-corrected chi connectivity index (χ1v) is 14.5. The van der Waals surface area contributed by atoms with Gasteiger partial charge in [-0.1, -0.05) is 16.9 Å². The number of allylic oxidation sites excluding steroid dienone is 1. The van der Waals surface area contributed by atoms with Gasteiger partial charge in [0.25, 0.3) is 0 Å². The fraction of sp³-hybridized carbons (Fsp3) is 0.364. The molecule has 0 saturated carbocycles. The number of aryl methyl sites for hydroxylation is 1. The number of rotatable bonds is 8. The first-order chi connectivity index (χ1) is 16.9. The molecule has 1 amide bonds. The highest BCUT2D eigenvalue weighted by Gasteiger charge is 2.51. The molecule has 0 spiro atoms. The van der Waals surface area contributed by atoms with Crippen LogP contribution in [-0.4, -0.2) is 48.6 Å². The summed E-state index contributed by atoms with van der Waals surface area (Å²) >= 11 is 6.15. The topological polar surface area (TPSA) is 110 Å². The number of carbonyl (C=O) groups is 1. The van der Waals surface area contributed by atoms with Gasteiger partial charge in [0.1, 0.15) is 19.4 Å². The highest BCUT2D eigenvalue weighted by atomic mass is 32.2. The Bertz CT molecular complexity index is 1300. The summed E-state index contributed by atoms with van der Waals surface area (Å²) in [7, 11) is 2.00. The van der Waals surface area contributed by atoms with Crippen LogP contribution in [0.2, 0.25) is 0 Å². The normalized spacial score (nSPS) is 20.1. The third-order valence-electron chi connectivity index (χ3n) is 5.69. The van der Waals surface area contributed by atoms with Crippen molar-refractivity contribution in [1.82, 2.24) is 19.2 Å². The predicted octanol–water partition coefficient (Wildman–Crippen LogP) is 3.75. The number of β-lactam (4-membered cyclic amide) rings is 1. The van der Waals surface area contributed by atoms with E-state index in [-0.39, 0.29) is 17.2 Å². The monoisotopic (exact) mass is 546 g/mol. The first kappa shape index (κ1) is 24.2. The number of pyridine rings is 1. The minimum Gasteiger partial charge on any atom is -0.396 e. The summed E-state index contributed by atoms with van der Waals surface area (Å²) in [5, 5.41) is 6.69. The second-order valence-electron chi connectivity index (χ2n) is 7.99. The van der Waals surface area contributed by atoms with Gasteiger partial charge in [0, 0.05) is 57.4 Å². The number of nitrogens with two attached hydrogens (primary N) is 1. The number of amides is 1. The molecule has 35 heavy (non-hydrogen) atoms. The summed E-state index contributed by atoms with van der Waals surface area (Å²) in [6.45, 7) is 4.30. The van der Waals surface area contributed by atoms with Crippen molar-refractivity contribution in [2.75, 3.05) is 18.1 Å². The quantitative estimate of drug-likeness (QED) is 0.197. The van der Waals surface area contributed by atoms with Gasteiger partial charge in [-0.2, -0.15) is 9.36 Å². The SMILES string of the molecule is CCON=C(CC1C(=O)N2C(C)=C(Sc3nc(-c4cc[n+](C)cc4)cs3)CSC12)c1nsc(N)n1. The molecule has 0 radical (unpaired) electrons. The number of anilines is 1. The number of aromatic nitrogens is 4. The van der Waals surface area contributed by atoms with E-state index in [0.29, 0.717) is 29.7 Å². The Balaban J connectivity index is 1.28. The van der Waals surface area contributed by atoms with E-state index in [4.69, 9.17) is 15.6 Å². The Kier molecular flexibility index (Phi) is 7.09. The van der Waals surface area contributed by atoms with Gasteiger partial charge < -0.3 is 15.5 Å². The van der Waals surface area contributed by atoms with E-state index < -0.39 is 0 Å². The van der Waals surface area contributed by atoms with Gasteiger partial charge in [-0.3, -0.25) is 4.79 Å². The number of nitrogen functional groups attached to an aromatic ring is 1. The molecule has 3 aromatic rings. The summed E-state index contributed by atoms with van der Waals surface area (Å²) in [5.74, 6) is 1.15. The lowest BCUT2D eigenvalue weighted by Gasteiger charge is -2.50. The van der Waals surface area contributed by atoms with E-state index in [9.17, 15) is 4.79 Å². The van der Waals surface area contributed by atoms with Crippen LogP contribution in [0.4, 0.5) is 5.13 Å². The van der Waals surface area contributed by atoms with Gasteiger partial charge in [0.05, 0.1) is 17.0 Å². The van der Waals surface area contributed by atoms with Crippen LogP contribution in [0.3, 0.4) is 0 Å². The van der Waals surface area contributed by atoms with E-state index >= 15 is 0 Å². The van der Waals surface area contributed by atoms with Crippen molar-refractivity contribution in [2.24, 2.45) is 18.1 Å². The largest absolute Gasteiger partial charge is 0.396 e. The van der Waals surface area contributed by atoms with Gasteiger partial charge >= 0.3 is 0 Å². The minimum atomic E-state index is -0.198. The van der Waals surface area contributed by atoms with Gasteiger partial charge in [-0.15, -0.1) is 23.1 Å². The number of hydrogen-bond acceptors (Lipinski definition) is 11. The predicted molar refractivity (Wildman–Crippen MR) is 141 cm³/mol. The molecule has 2 unspecified atom stereocenters. The van der Waals surface area contributed by atoms with Gasteiger partial charge in [-0.05, 0) is 13.8 Å². The molecule has 13 heteroatoms. The number of carbonyl (C=O) groups excluding carboxylic acids is 1. The lowest BCUT2D eigenvalue weighted by atomic mass is 9.91. The molecule has 0 aromatic carbocycles. The van der Waals surface area contributed by atoms with Gasteiger partial charge in [-0.25, -0.2) is 9.55 Å². The van der Waals surface area contributed by atoms with E-state index in [1.165, 1.54) is 0 Å². The van der Waals surface area contributed by atoms with Crippen molar-refractivity contribution in [2.45, 2.75) is 30.0 Å². The number of thiazole rings is 1. The van der Waals surface area contributed by atoms with Crippen molar-refractivity contribution in [3.63, 3.8) is 0 Å². The minimum absolute atomic E-state index is 0.0616. The molecule has 182 valence electrons. The Hall–Kier alpha value is -2.48. The van der Waals surface area contributed by atoms with E-state index in [1.54, 1.807) is 34.9 Å². The Labute approximate surface area is 219 Å². The summed E-state index contributed by atoms with van der Waals surface area (Å²) in [4.78, 5) is 30.5. The summed E-state index contributed by atoms with van der Waals surface area (Å²) in [6, 6.07) is 4.12. The van der Waals surface area contributed by atoms with Crippen molar-refractivity contribution >= 4 is 63.1 Å². The smallest absolute Gasteiger partial charge is 0.234 e. The van der Waals surface area contributed by atoms with Crippen molar-refractivity contribution < 1.29 is 14.2 Å². The maximum absolute atomic E-state index is 13.2. The van der Waals surface area contributed by atoms with E-state index in [0.717, 1.165) is 43.5 Å². The first-order valence-electron chi connectivity index (χ1n) is 11.0. The number of oxime groups is 1. The molecule has 0 aliphatic carbocycles. The standard InChI is InChI=1S/C22H24N7O2S4/c1-4-31-26-15(18-25-21(23)35-27-18)9-14-19(30)29-12(2)17(11-32-20(14)29)34-22-24-16(10-33-22)13-5-7-28(3)8-6-13/h5-8,10,14,20H,4,9,11H2,1-3H3,(H2,23,25,27)/q+1. The molecule has 2 N–H and O–H groups in total. The molecule has 2 atom stereocenters. The van der Waals surface area contributed by atoms with Crippen LogP contribution in [-0.2, 0) is 16.7 Å². The lowest BCUT2D eigenvalue weighted by Crippen LogP contribution is -2.60. The molecule has 1 saturated heterocycles. The van der Waals surface area contributed by atoms with Gasteiger partial charge in [0.2, 0.25) is 5.91 Å². The molecule has 2 aliphatic heterocycles. The molecule has 3 aromatic heterocycles. The highest BCUT2D eigenvalue weighted by Crippen LogP contribution is 2.49. The van der Waals surface area contributed by atoms with Crippen LogP contribution in [0.25, 0.3) is 11.3 Å². The summed E-state index contributed by atoms with van der Waals surface area (Å²) in [5.41, 5.74) is 9.37.